The van der Waals surface area contributed by atoms with E-state index in [9.17, 15) is 9.59 Å². The summed E-state index contributed by atoms with van der Waals surface area (Å²) >= 11 is 0. The van der Waals surface area contributed by atoms with E-state index in [1.807, 2.05) is 7.05 Å². The standard InChI is InChI=1S/C11H18N2O2/c1-12-11(5-2-3-6-11)9-10(15)13(12)7-4-8-14/h8H,2-7,9H2,1H3. The Morgan fingerprint density at radius 2 is 2.07 bits per heavy atom. The van der Waals surface area contributed by atoms with Gasteiger partial charge in [0.2, 0.25) is 5.91 Å². The SMILES string of the molecule is CN1N(CCC=O)C(=O)CC12CCCC2. The van der Waals surface area contributed by atoms with Crippen LogP contribution in [0, 0.1) is 0 Å². The number of rotatable bonds is 3. The summed E-state index contributed by atoms with van der Waals surface area (Å²) < 4.78 is 0. The molecule has 15 heavy (non-hydrogen) atoms. The number of nitrogens with zero attached hydrogens (tertiary/aromatic N) is 2. The molecule has 4 nitrogen and oxygen atoms in total. The van der Waals surface area contributed by atoms with Crippen LogP contribution in [-0.4, -0.2) is 41.3 Å². The van der Waals surface area contributed by atoms with Gasteiger partial charge in [0.1, 0.15) is 6.29 Å². The van der Waals surface area contributed by atoms with Crippen LogP contribution in [0.15, 0.2) is 0 Å². The van der Waals surface area contributed by atoms with Crippen LogP contribution < -0.4 is 0 Å². The maximum Gasteiger partial charge on any atom is 0.238 e. The molecule has 1 aliphatic carbocycles. The van der Waals surface area contributed by atoms with Gasteiger partial charge in [0.15, 0.2) is 0 Å². The summed E-state index contributed by atoms with van der Waals surface area (Å²) in [4.78, 5) is 22.2. The fourth-order valence-electron chi connectivity index (χ4n) is 2.89. The van der Waals surface area contributed by atoms with Crippen molar-refractivity contribution < 1.29 is 9.59 Å². The van der Waals surface area contributed by atoms with E-state index in [1.165, 1.54) is 12.8 Å². The van der Waals surface area contributed by atoms with Gasteiger partial charge in [0, 0.05) is 32.0 Å². The fourth-order valence-corrected chi connectivity index (χ4v) is 2.89. The van der Waals surface area contributed by atoms with Crippen molar-refractivity contribution in [2.24, 2.45) is 0 Å². The van der Waals surface area contributed by atoms with Gasteiger partial charge in [-0.05, 0) is 12.8 Å². The lowest BCUT2D eigenvalue weighted by Gasteiger charge is -2.35. The van der Waals surface area contributed by atoms with Gasteiger partial charge in [-0.15, -0.1) is 0 Å². The second-order valence-electron chi connectivity index (χ2n) is 4.60. The highest BCUT2D eigenvalue weighted by Gasteiger charge is 2.48. The van der Waals surface area contributed by atoms with Crippen molar-refractivity contribution in [3.05, 3.63) is 0 Å². The molecule has 1 heterocycles. The van der Waals surface area contributed by atoms with Gasteiger partial charge in [-0.2, -0.15) is 0 Å². The molecule has 1 aliphatic heterocycles. The zero-order valence-corrected chi connectivity index (χ0v) is 9.24. The Bertz CT molecular complexity index is 272. The molecule has 0 aromatic rings. The van der Waals surface area contributed by atoms with E-state index in [1.54, 1.807) is 5.01 Å². The molecule has 2 rings (SSSR count). The average molecular weight is 210 g/mol. The van der Waals surface area contributed by atoms with Crippen molar-refractivity contribution in [2.75, 3.05) is 13.6 Å². The molecule has 1 saturated carbocycles. The van der Waals surface area contributed by atoms with Crippen LogP contribution >= 0.6 is 0 Å². The van der Waals surface area contributed by atoms with Gasteiger partial charge >= 0.3 is 0 Å². The van der Waals surface area contributed by atoms with Crippen molar-refractivity contribution in [2.45, 2.75) is 44.1 Å². The Labute approximate surface area is 90.2 Å². The highest BCUT2D eigenvalue weighted by Crippen LogP contribution is 2.42. The molecule has 0 aromatic heterocycles. The number of hydrogen-bond donors (Lipinski definition) is 0. The number of carbonyl (C=O) groups excluding carboxylic acids is 2. The van der Waals surface area contributed by atoms with Crippen LogP contribution in [0.3, 0.4) is 0 Å². The predicted octanol–water partition coefficient (Wildman–Crippen LogP) is 0.967. The lowest BCUT2D eigenvalue weighted by molar-refractivity contribution is -0.138. The topological polar surface area (TPSA) is 40.6 Å². The van der Waals surface area contributed by atoms with Gasteiger partial charge in [0.25, 0.3) is 0 Å². The number of aldehydes is 1. The summed E-state index contributed by atoms with van der Waals surface area (Å²) in [5.74, 6) is 0.182. The molecule has 0 bridgehead atoms. The lowest BCUT2D eigenvalue weighted by Crippen LogP contribution is -2.46. The molecular formula is C11H18N2O2. The van der Waals surface area contributed by atoms with Gasteiger partial charge < -0.3 is 4.79 Å². The minimum atomic E-state index is 0.0833. The van der Waals surface area contributed by atoms with Crippen molar-refractivity contribution in [3.8, 4) is 0 Å². The van der Waals surface area contributed by atoms with E-state index in [2.05, 4.69) is 5.01 Å². The van der Waals surface area contributed by atoms with Gasteiger partial charge in [-0.3, -0.25) is 9.80 Å². The zero-order chi connectivity index (χ0) is 10.9. The fraction of sp³-hybridized carbons (Fsp3) is 0.818. The smallest absolute Gasteiger partial charge is 0.238 e. The Morgan fingerprint density at radius 3 is 2.67 bits per heavy atom. The maximum atomic E-state index is 11.8. The van der Waals surface area contributed by atoms with Crippen molar-refractivity contribution in [1.29, 1.82) is 0 Å². The molecule has 0 unspecified atom stereocenters. The second kappa shape index (κ2) is 3.93. The van der Waals surface area contributed by atoms with Crippen LogP contribution in [-0.2, 0) is 9.59 Å². The van der Waals surface area contributed by atoms with E-state index in [0.717, 1.165) is 19.1 Å². The Kier molecular flexibility index (Phi) is 2.78. The van der Waals surface area contributed by atoms with Crippen LogP contribution in [0.4, 0.5) is 0 Å². The average Bonchev–Trinajstić information content (AvgIpc) is 2.75. The third-order valence-corrected chi connectivity index (χ3v) is 3.81. The Balaban J connectivity index is 2.08. The number of hydrazine groups is 1. The Morgan fingerprint density at radius 1 is 1.40 bits per heavy atom. The van der Waals surface area contributed by atoms with E-state index < -0.39 is 0 Å². The van der Waals surface area contributed by atoms with Crippen LogP contribution in [0.1, 0.15) is 38.5 Å². The molecule has 0 aromatic carbocycles. The third-order valence-electron chi connectivity index (χ3n) is 3.81. The minimum Gasteiger partial charge on any atom is -0.303 e. The largest absolute Gasteiger partial charge is 0.303 e. The highest BCUT2D eigenvalue weighted by molar-refractivity contribution is 5.79. The summed E-state index contributed by atoms with van der Waals surface area (Å²) in [5.41, 5.74) is 0.0833. The van der Waals surface area contributed by atoms with Crippen molar-refractivity contribution in [1.82, 2.24) is 10.0 Å². The first-order chi connectivity index (χ1) is 7.19. The molecule has 0 atom stereocenters. The van der Waals surface area contributed by atoms with E-state index in [-0.39, 0.29) is 11.4 Å². The summed E-state index contributed by atoms with van der Waals surface area (Å²) in [6.45, 7) is 0.542. The molecule has 1 saturated heterocycles. The molecule has 2 fully saturated rings. The van der Waals surface area contributed by atoms with Gasteiger partial charge in [-0.1, -0.05) is 12.8 Å². The number of hydrogen-bond acceptors (Lipinski definition) is 3. The zero-order valence-electron chi connectivity index (χ0n) is 9.24. The molecule has 4 heteroatoms. The molecule has 1 spiro atoms. The van der Waals surface area contributed by atoms with Crippen molar-refractivity contribution >= 4 is 12.2 Å². The molecule has 0 N–H and O–H groups in total. The second-order valence-corrected chi connectivity index (χ2v) is 4.60. The lowest BCUT2D eigenvalue weighted by atomic mass is 9.94. The number of amides is 1. The van der Waals surface area contributed by atoms with Gasteiger partial charge in [-0.25, -0.2) is 5.01 Å². The Hall–Kier alpha value is -0.900. The summed E-state index contributed by atoms with van der Waals surface area (Å²) in [7, 11) is 1.99. The quantitative estimate of drug-likeness (QED) is 0.652. The minimum absolute atomic E-state index is 0.0833. The van der Waals surface area contributed by atoms with E-state index in [0.29, 0.717) is 19.4 Å². The molecule has 1 amide bonds. The molecule has 84 valence electrons. The maximum absolute atomic E-state index is 11.8. The summed E-state index contributed by atoms with van der Waals surface area (Å²) in [6.07, 6.45) is 6.63. The normalized spacial score (nSPS) is 25.4. The molecular weight excluding hydrogens is 192 g/mol. The monoisotopic (exact) mass is 210 g/mol. The van der Waals surface area contributed by atoms with Gasteiger partial charge in [0.05, 0.1) is 0 Å². The van der Waals surface area contributed by atoms with Crippen LogP contribution in [0.5, 0.6) is 0 Å². The van der Waals surface area contributed by atoms with E-state index in [4.69, 9.17) is 0 Å². The van der Waals surface area contributed by atoms with Crippen LogP contribution in [0.2, 0.25) is 0 Å². The van der Waals surface area contributed by atoms with Crippen LogP contribution in [0.25, 0.3) is 0 Å². The summed E-state index contributed by atoms with van der Waals surface area (Å²) in [5, 5.41) is 3.84. The van der Waals surface area contributed by atoms with E-state index >= 15 is 0 Å². The highest BCUT2D eigenvalue weighted by atomic mass is 16.2. The molecule has 0 radical (unpaired) electrons. The first kappa shape index (κ1) is 10.6. The predicted molar refractivity (Wildman–Crippen MR) is 56.0 cm³/mol. The third kappa shape index (κ3) is 1.67. The first-order valence-corrected chi connectivity index (χ1v) is 5.67. The van der Waals surface area contributed by atoms with Crippen molar-refractivity contribution in [3.63, 3.8) is 0 Å². The molecule has 2 aliphatic rings. The number of carbonyl (C=O) groups is 2. The first-order valence-electron chi connectivity index (χ1n) is 5.67. The summed E-state index contributed by atoms with van der Waals surface area (Å²) in [6, 6.07) is 0.